The van der Waals surface area contributed by atoms with E-state index in [1.54, 1.807) is 0 Å². The Hall–Kier alpha value is -0.530. The highest BCUT2D eigenvalue weighted by Gasteiger charge is 2.22. The van der Waals surface area contributed by atoms with Crippen LogP contribution in [0.1, 0.15) is 103 Å². The Morgan fingerprint density at radius 1 is 0.682 bits per heavy atom. The molecule has 2 atom stereocenters. The largest absolute Gasteiger partial charge is 0.353 e. The molecule has 0 aromatic carbocycles. The number of hydrogen-bond acceptors (Lipinski definition) is 1. The summed E-state index contributed by atoms with van der Waals surface area (Å²) >= 11 is 0. The summed E-state index contributed by atoms with van der Waals surface area (Å²) in [5.74, 6) is 1.55. The smallest absolute Gasteiger partial charge is 0.223 e. The molecule has 0 heterocycles. The highest BCUT2D eigenvalue weighted by molar-refractivity contribution is 5.78. The van der Waals surface area contributed by atoms with E-state index < -0.39 is 0 Å². The van der Waals surface area contributed by atoms with Crippen LogP contribution in [0, 0.1) is 11.8 Å². The molecule has 0 spiro atoms. The van der Waals surface area contributed by atoms with Gasteiger partial charge in [-0.15, -0.1) is 0 Å². The maximum Gasteiger partial charge on any atom is 0.223 e. The maximum absolute atomic E-state index is 12.6. The maximum atomic E-state index is 12.6. The molecule has 22 heavy (non-hydrogen) atoms. The molecule has 2 fully saturated rings. The molecular weight excluding hydrogens is 270 g/mol. The van der Waals surface area contributed by atoms with Gasteiger partial charge < -0.3 is 5.32 Å². The normalized spacial score (nSPS) is 30.0. The van der Waals surface area contributed by atoms with E-state index in [0.29, 0.717) is 17.9 Å². The molecule has 128 valence electrons. The van der Waals surface area contributed by atoms with Crippen LogP contribution in [0.5, 0.6) is 0 Å². The van der Waals surface area contributed by atoms with E-state index in [-0.39, 0.29) is 0 Å². The van der Waals surface area contributed by atoms with E-state index in [0.717, 1.165) is 18.8 Å². The van der Waals surface area contributed by atoms with Crippen molar-refractivity contribution in [1.29, 1.82) is 0 Å². The summed E-state index contributed by atoms with van der Waals surface area (Å²) in [5.41, 5.74) is 0. The van der Waals surface area contributed by atoms with Crippen molar-refractivity contribution in [3.05, 3.63) is 0 Å². The van der Waals surface area contributed by atoms with Crippen LogP contribution in [0.2, 0.25) is 0 Å². The second-order valence-electron chi connectivity index (χ2n) is 7.92. The molecule has 0 aromatic rings. The summed E-state index contributed by atoms with van der Waals surface area (Å²) in [5, 5.41) is 3.43. The number of carbonyl (C=O) groups excluding carboxylic acids is 1. The van der Waals surface area contributed by atoms with Gasteiger partial charge in [0.05, 0.1) is 0 Å². The van der Waals surface area contributed by atoms with Crippen LogP contribution >= 0.6 is 0 Å². The Kier molecular flexibility index (Phi) is 8.33. The zero-order chi connectivity index (χ0) is 15.6. The topological polar surface area (TPSA) is 29.1 Å². The van der Waals surface area contributed by atoms with Crippen LogP contribution in [0.3, 0.4) is 0 Å². The van der Waals surface area contributed by atoms with Crippen molar-refractivity contribution in [3.8, 4) is 0 Å². The lowest BCUT2D eigenvalue weighted by atomic mass is 9.89. The van der Waals surface area contributed by atoms with Crippen molar-refractivity contribution in [1.82, 2.24) is 5.32 Å². The van der Waals surface area contributed by atoms with Crippen LogP contribution in [0.15, 0.2) is 0 Å². The standard InChI is InChI=1S/C20H37NO/c1-17-11-6-5-9-15-19(16-10-12-17)21-20(22)18-13-7-3-2-4-8-14-18/h17-19H,2-16H2,1H3,(H,21,22). The Morgan fingerprint density at radius 2 is 1.18 bits per heavy atom. The fraction of sp³-hybridized carbons (Fsp3) is 0.950. The van der Waals surface area contributed by atoms with Crippen LogP contribution in [-0.2, 0) is 4.79 Å². The lowest BCUT2D eigenvalue weighted by Crippen LogP contribution is -2.39. The van der Waals surface area contributed by atoms with Gasteiger partial charge in [0.25, 0.3) is 0 Å². The first kappa shape index (κ1) is 17.8. The van der Waals surface area contributed by atoms with Gasteiger partial charge in [-0.1, -0.05) is 77.6 Å². The Labute approximate surface area is 137 Å². The average Bonchev–Trinajstić information content (AvgIpc) is 2.46. The zero-order valence-corrected chi connectivity index (χ0v) is 14.7. The van der Waals surface area contributed by atoms with Gasteiger partial charge >= 0.3 is 0 Å². The molecular formula is C20H37NO. The average molecular weight is 308 g/mol. The third kappa shape index (κ3) is 6.71. The van der Waals surface area contributed by atoms with Crippen LogP contribution < -0.4 is 5.32 Å². The van der Waals surface area contributed by atoms with E-state index in [9.17, 15) is 4.79 Å². The predicted molar refractivity (Wildman–Crippen MR) is 93.8 cm³/mol. The molecule has 2 unspecified atom stereocenters. The summed E-state index contributed by atoms with van der Waals surface area (Å²) < 4.78 is 0. The van der Waals surface area contributed by atoms with Gasteiger partial charge in [0.1, 0.15) is 0 Å². The molecule has 2 aliphatic carbocycles. The number of rotatable bonds is 2. The van der Waals surface area contributed by atoms with E-state index in [4.69, 9.17) is 0 Å². The SMILES string of the molecule is CC1CCCCCC(NC(=O)C2CCCCCCC2)CCC1. The molecule has 1 amide bonds. The first-order valence-corrected chi connectivity index (χ1v) is 10.1. The summed E-state index contributed by atoms with van der Waals surface area (Å²) in [6, 6.07) is 0.447. The van der Waals surface area contributed by atoms with E-state index >= 15 is 0 Å². The zero-order valence-electron chi connectivity index (χ0n) is 14.7. The van der Waals surface area contributed by atoms with Crippen molar-refractivity contribution in [2.24, 2.45) is 11.8 Å². The fourth-order valence-corrected chi connectivity index (χ4v) is 4.24. The third-order valence-electron chi connectivity index (χ3n) is 5.82. The molecule has 0 saturated heterocycles. The van der Waals surface area contributed by atoms with Gasteiger partial charge in [-0.2, -0.15) is 0 Å². The van der Waals surface area contributed by atoms with Crippen LogP contribution in [0.25, 0.3) is 0 Å². The van der Waals surface area contributed by atoms with Gasteiger partial charge in [0.2, 0.25) is 5.91 Å². The van der Waals surface area contributed by atoms with E-state index in [2.05, 4.69) is 12.2 Å². The lowest BCUT2D eigenvalue weighted by Gasteiger charge is -2.25. The summed E-state index contributed by atoms with van der Waals surface area (Å²) in [4.78, 5) is 12.6. The Balaban J connectivity index is 1.79. The molecule has 0 radical (unpaired) electrons. The quantitative estimate of drug-likeness (QED) is 0.706. The second kappa shape index (κ2) is 10.3. The fourth-order valence-electron chi connectivity index (χ4n) is 4.24. The van der Waals surface area contributed by atoms with Gasteiger partial charge in [-0.25, -0.2) is 0 Å². The van der Waals surface area contributed by atoms with E-state index in [1.165, 1.54) is 83.5 Å². The molecule has 2 aliphatic rings. The van der Waals surface area contributed by atoms with Crippen molar-refractivity contribution in [2.75, 3.05) is 0 Å². The number of amides is 1. The van der Waals surface area contributed by atoms with Crippen molar-refractivity contribution in [2.45, 2.75) is 109 Å². The minimum absolute atomic E-state index is 0.301. The van der Waals surface area contributed by atoms with Crippen LogP contribution in [0.4, 0.5) is 0 Å². The number of hydrogen-bond donors (Lipinski definition) is 1. The molecule has 0 aromatic heterocycles. The minimum Gasteiger partial charge on any atom is -0.353 e. The van der Waals surface area contributed by atoms with E-state index in [1.807, 2.05) is 0 Å². The molecule has 0 aliphatic heterocycles. The molecule has 0 bridgehead atoms. The second-order valence-corrected chi connectivity index (χ2v) is 7.92. The van der Waals surface area contributed by atoms with Gasteiger partial charge in [0.15, 0.2) is 0 Å². The summed E-state index contributed by atoms with van der Waals surface area (Å²) in [6.45, 7) is 2.39. The van der Waals surface area contributed by atoms with Gasteiger partial charge in [0, 0.05) is 12.0 Å². The Morgan fingerprint density at radius 3 is 1.95 bits per heavy atom. The summed E-state index contributed by atoms with van der Waals surface area (Å²) in [6.07, 6.45) is 19.2. The number of carbonyl (C=O) groups is 1. The van der Waals surface area contributed by atoms with Crippen molar-refractivity contribution in [3.63, 3.8) is 0 Å². The van der Waals surface area contributed by atoms with Crippen LogP contribution in [-0.4, -0.2) is 11.9 Å². The molecule has 2 saturated carbocycles. The number of nitrogens with one attached hydrogen (secondary N) is 1. The van der Waals surface area contributed by atoms with Crippen molar-refractivity contribution >= 4 is 5.91 Å². The third-order valence-corrected chi connectivity index (χ3v) is 5.82. The highest BCUT2D eigenvalue weighted by atomic mass is 16.1. The monoisotopic (exact) mass is 307 g/mol. The molecule has 2 nitrogen and oxygen atoms in total. The van der Waals surface area contributed by atoms with Crippen molar-refractivity contribution < 1.29 is 4.79 Å². The lowest BCUT2D eigenvalue weighted by molar-refractivity contribution is -0.126. The minimum atomic E-state index is 0.301. The predicted octanol–water partition coefficient (Wildman–Crippen LogP) is 5.60. The first-order chi connectivity index (χ1) is 10.8. The van der Waals surface area contributed by atoms with Gasteiger partial charge in [-0.05, 0) is 31.6 Å². The molecule has 1 N–H and O–H groups in total. The summed E-state index contributed by atoms with van der Waals surface area (Å²) in [7, 11) is 0. The first-order valence-electron chi connectivity index (χ1n) is 10.1. The molecule has 2 heteroatoms. The molecule has 2 rings (SSSR count). The highest BCUT2D eigenvalue weighted by Crippen LogP contribution is 2.24. The Bertz CT molecular complexity index is 307. The van der Waals surface area contributed by atoms with Gasteiger partial charge in [-0.3, -0.25) is 4.79 Å².